The van der Waals surface area contributed by atoms with E-state index in [9.17, 15) is 8.42 Å². The van der Waals surface area contributed by atoms with E-state index in [1.165, 1.54) is 0 Å². The largest absolute Gasteiger partial charge is 0.361 e. The number of aryl methyl sites for hydroxylation is 1. The van der Waals surface area contributed by atoms with Crippen LogP contribution >= 0.6 is 0 Å². The van der Waals surface area contributed by atoms with Crippen LogP contribution in [0, 0.1) is 6.92 Å². The van der Waals surface area contributed by atoms with Crippen molar-refractivity contribution in [1.82, 2.24) is 10.3 Å². The van der Waals surface area contributed by atoms with Gasteiger partial charge in [-0.05, 0) is 50.6 Å². The van der Waals surface area contributed by atoms with Gasteiger partial charge in [-0.2, -0.15) is 0 Å². The highest BCUT2D eigenvalue weighted by atomic mass is 32.2. The van der Waals surface area contributed by atoms with Crippen molar-refractivity contribution in [3.8, 4) is 0 Å². The Hall–Kier alpha value is -1.50. The summed E-state index contributed by atoms with van der Waals surface area (Å²) in [6.07, 6.45) is 1.34. The molecule has 0 amide bonds. The van der Waals surface area contributed by atoms with Gasteiger partial charge in [-0.25, -0.2) is 8.42 Å². The summed E-state index contributed by atoms with van der Waals surface area (Å²) >= 11 is 0. The van der Waals surface area contributed by atoms with Gasteiger partial charge in [0.1, 0.15) is 5.94 Å². The summed E-state index contributed by atoms with van der Waals surface area (Å²) in [5.41, 5.74) is 2.80. The molecule has 1 aromatic carbocycles. The minimum atomic E-state index is -3.19. The molecule has 1 saturated heterocycles. The zero-order valence-corrected chi connectivity index (χ0v) is 14.1. The second-order valence-corrected chi connectivity index (χ2v) is 8.25. The topological polar surface area (TPSA) is 68.3 Å². The molecule has 1 aromatic heterocycles. The van der Waals surface area contributed by atoms with Crippen LogP contribution < -0.4 is 5.32 Å². The van der Waals surface area contributed by atoms with Crippen LogP contribution in [0.15, 0.2) is 30.3 Å². The van der Waals surface area contributed by atoms with Crippen molar-refractivity contribution in [2.24, 2.45) is 0 Å². The monoisotopic (exact) mass is 334 g/mol. The summed E-state index contributed by atoms with van der Waals surface area (Å²) in [5, 5.41) is 3.92. The predicted octanol–water partition coefficient (Wildman–Crippen LogP) is 2.18. The summed E-state index contributed by atoms with van der Waals surface area (Å²) in [6.45, 7) is 3.74. The highest BCUT2D eigenvalue weighted by Gasteiger charge is 2.27. The number of ether oxygens (including phenoxy) is 1. The van der Waals surface area contributed by atoms with E-state index in [-0.39, 0.29) is 17.8 Å². The third-order valence-electron chi connectivity index (χ3n) is 4.23. The van der Waals surface area contributed by atoms with Crippen molar-refractivity contribution in [1.29, 1.82) is 0 Å². The minimum absolute atomic E-state index is 0.215. The van der Waals surface area contributed by atoms with Crippen molar-refractivity contribution < 1.29 is 13.2 Å². The Labute approximate surface area is 137 Å². The average molecular weight is 334 g/mol. The lowest BCUT2D eigenvalue weighted by Crippen LogP contribution is -2.37. The molecule has 3 rings (SSSR count). The van der Waals surface area contributed by atoms with E-state index in [0.29, 0.717) is 12.8 Å². The number of para-hydroxylation sites is 1. The average Bonchev–Trinajstić information content (AvgIpc) is 2.55. The number of aromatic nitrogens is 1. The Kier molecular flexibility index (Phi) is 4.94. The van der Waals surface area contributed by atoms with E-state index in [1.54, 1.807) is 0 Å². The molecule has 23 heavy (non-hydrogen) atoms. The Bertz CT molecular complexity index is 784. The lowest BCUT2D eigenvalue weighted by atomic mass is 10.1. The number of hydrogen-bond donors (Lipinski definition) is 1. The fourth-order valence-electron chi connectivity index (χ4n) is 3.03. The van der Waals surface area contributed by atoms with Crippen LogP contribution in [0.4, 0.5) is 0 Å². The van der Waals surface area contributed by atoms with Gasteiger partial charge in [-0.3, -0.25) is 4.98 Å². The number of benzene rings is 1. The fraction of sp³-hybridized carbons (Fsp3) is 0.471. The lowest BCUT2D eigenvalue weighted by Gasteiger charge is -2.22. The number of nitrogens with one attached hydrogen (secondary N) is 1. The molecule has 0 unspecified atom stereocenters. The van der Waals surface area contributed by atoms with Gasteiger partial charge in [0, 0.05) is 11.1 Å². The summed E-state index contributed by atoms with van der Waals surface area (Å²) < 4.78 is 30.2. The fourth-order valence-corrected chi connectivity index (χ4v) is 4.49. The van der Waals surface area contributed by atoms with Crippen LogP contribution in [0.5, 0.6) is 0 Å². The van der Waals surface area contributed by atoms with Gasteiger partial charge >= 0.3 is 0 Å². The molecular weight excluding hydrogens is 312 g/mol. The summed E-state index contributed by atoms with van der Waals surface area (Å²) in [5.74, 6) is -0.215. The molecule has 5 nitrogen and oxygen atoms in total. The van der Waals surface area contributed by atoms with Crippen LogP contribution in [0.2, 0.25) is 0 Å². The maximum Gasteiger partial charge on any atom is 0.177 e. The quantitative estimate of drug-likeness (QED) is 0.908. The zero-order valence-electron chi connectivity index (χ0n) is 13.3. The molecule has 0 atom stereocenters. The van der Waals surface area contributed by atoms with Crippen LogP contribution in [0.3, 0.4) is 0 Å². The first-order valence-corrected chi connectivity index (χ1v) is 9.63. The van der Waals surface area contributed by atoms with Gasteiger partial charge in [0.25, 0.3) is 0 Å². The normalized spacial score (nSPS) is 16.7. The van der Waals surface area contributed by atoms with E-state index in [0.717, 1.165) is 35.2 Å². The lowest BCUT2D eigenvalue weighted by molar-refractivity contribution is 0.163. The molecule has 1 aliphatic heterocycles. The van der Waals surface area contributed by atoms with Gasteiger partial charge in [0.2, 0.25) is 0 Å². The first-order valence-electron chi connectivity index (χ1n) is 7.91. The highest BCUT2D eigenvalue weighted by molar-refractivity contribution is 7.91. The molecule has 2 aromatic rings. The summed E-state index contributed by atoms with van der Waals surface area (Å²) in [4.78, 5) is 4.49. The van der Waals surface area contributed by atoms with Crippen molar-refractivity contribution in [2.75, 3.05) is 19.0 Å². The number of piperidine rings is 1. The molecule has 0 spiro atoms. The van der Waals surface area contributed by atoms with Crippen molar-refractivity contribution in [2.45, 2.75) is 31.6 Å². The highest BCUT2D eigenvalue weighted by Crippen LogP contribution is 2.20. The molecular formula is C17H22N2O3S. The third kappa shape index (κ3) is 3.88. The van der Waals surface area contributed by atoms with Crippen LogP contribution in [-0.4, -0.2) is 37.7 Å². The maximum atomic E-state index is 12.3. The van der Waals surface area contributed by atoms with Gasteiger partial charge in [-0.15, -0.1) is 0 Å². The number of hydrogen-bond acceptors (Lipinski definition) is 5. The molecule has 0 saturated carbocycles. The number of fused-ring (bicyclic) bond motifs is 1. The molecule has 0 aliphatic carbocycles. The molecule has 1 N–H and O–H groups in total. The summed E-state index contributed by atoms with van der Waals surface area (Å²) in [6, 6.07) is 9.80. The zero-order chi connectivity index (χ0) is 16.3. The number of nitrogens with zero attached hydrogens (tertiary/aromatic N) is 1. The smallest absolute Gasteiger partial charge is 0.177 e. The Morgan fingerprint density at radius 2 is 2.00 bits per heavy atom. The van der Waals surface area contributed by atoms with E-state index in [2.05, 4.69) is 10.3 Å². The molecule has 124 valence electrons. The van der Waals surface area contributed by atoms with E-state index in [4.69, 9.17) is 4.74 Å². The second kappa shape index (κ2) is 6.95. The van der Waals surface area contributed by atoms with E-state index in [1.807, 2.05) is 37.3 Å². The Morgan fingerprint density at radius 1 is 1.26 bits per heavy atom. The van der Waals surface area contributed by atoms with Crippen LogP contribution in [0.1, 0.15) is 24.1 Å². The first kappa shape index (κ1) is 16.4. The van der Waals surface area contributed by atoms with E-state index >= 15 is 0 Å². The van der Waals surface area contributed by atoms with Crippen molar-refractivity contribution in [3.63, 3.8) is 0 Å². The molecule has 6 heteroatoms. The Morgan fingerprint density at radius 3 is 2.78 bits per heavy atom. The van der Waals surface area contributed by atoms with Crippen LogP contribution in [0.25, 0.3) is 10.9 Å². The van der Waals surface area contributed by atoms with Gasteiger partial charge in [-0.1, -0.05) is 18.2 Å². The number of pyridine rings is 1. The number of rotatable bonds is 5. The maximum absolute atomic E-state index is 12.3. The Balaban J connectivity index is 1.69. The second-order valence-electron chi connectivity index (χ2n) is 6.02. The van der Waals surface area contributed by atoms with Gasteiger partial charge in [0.05, 0.1) is 17.4 Å². The molecule has 2 heterocycles. The van der Waals surface area contributed by atoms with Gasteiger partial charge in [0.15, 0.2) is 9.84 Å². The van der Waals surface area contributed by atoms with Gasteiger partial charge < -0.3 is 10.1 Å². The number of sulfone groups is 1. The molecule has 0 bridgehead atoms. The van der Waals surface area contributed by atoms with Crippen molar-refractivity contribution >= 4 is 20.7 Å². The van der Waals surface area contributed by atoms with Crippen molar-refractivity contribution in [3.05, 3.63) is 41.6 Å². The molecule has 1 aliphatic rings. The first-order chi connectivity index (χ1) is 11.1. The molecule has 0 radical (unpaired) electrons. The SMILES string of the molecule is Cc1cc(COCS(=O)(=O)C2CCNCC2)c2ccccc2n1. The summed E-state index contributed by atoms with van der Waals surface area (Å²) in [7, 11) is -3.19. The minimum Gasteiger partial charge on any atom is -0.361 e. The van der Waals surface area contributed by atoms with Crippen LogP contribution in [-0.2, 0) is 21.2 Å². The molecule has 1 fully saturated rings. The predicted molar refractivity (Wildman–Crippen MR) is 90.9 cm³/mol. The van der Waals surface area contributed by atoms with E-state index < -0.39 is 9.84 Å². The standard InChI is InChI=1S/C17H22N2O3S/c1-13-10-14(16-4-2-3-5-17(16)19-13)11-22-12-23(20,21)15-6-8-18-9-7-15/h2-5,10,15,18H,6-9,11-12H2,1H3. The third-order valence-corrected chi connectivity index (χ3v) is 6.21.